The van der Waals surface area contributed by atoms with Crippen molar-refractivity contribution in [1.29, 1.82) is 0 Å². The van der Waals surface area contributed by atoms with E-state index in [0.29, 0.717) is 38.3 Å². The summed E-state index contributed by atoms with van der Waals surface area (Å²) in [4.78, 5) is 26.0. The van der Waals surface area contributed by atoms with Gasteiger partial charge in [-0.2, -0.15) is 26.7 Å². The number of aliphatic carboxylic acids is 1. The van der Waals surface area contributed by atoms with E-state index in [1.165, 1.54) is 24.3 Å². The van der Waals surface area contributed by atoms with Crippen molar-refractivity contribution in [3.63, 3.8) is 0 Å². The maximum atomic E-state index is 14.2. The Morgan fingerprint density at radius 3 is 2.43 bits per heavy atom. The van der Waals surface area contributed by atoms with Gasteiger partial charge in [0.2, 0.25) is 5.91 Å². The van der Waals surface area contributed by atoms with Gasteiger partial charge < -0.3 is 20.1 Å². The second-order valence-electron chi connectivity index (χ2n) is 8.56. The molecule has 0 bridgehead atoms. The van der Waals surface area contributed by atoms with E-state index >= 15 is 0 Å². The first-order chi connectivity index (χ1) is 17.0. The molecule has 1 heterocycles. The molecule has 6 nitrogen and oxygen atoms in total. The highest BCUT2D eigenvalue weighted by atomic mass is 35.5. The van der Waals surface area contributed by atoms with E-state index in [-0.39, 0.29) is 47.8 Å². The number of rotatable bonds is 9. The van der Waals surface area contributed by atoms with E-state index < -0.39 is 36.2 Å². The lowest BCUT2D eigenvalue weighted by Gasteiger charge is -2.36. The third-order valence-electron chi connectivity index (χ3n) is 6.12. The highest BCUT2D eigenvalue weighted by molar-refractivity contribution is 7.59. The Morgan fingerprint density at radius 1 is 1.19 bits per heavy atom. The minimum Gasteiger partial charge on any atom is -0.481 e. The molecule has 37 heavy (non-hydrogen) atoms. The number of hydrogen-bond donors (Lipinski definition) is 2. The van der Waals surface area contributed by atoms with Gasteiger partial charge in [0.25, 0.3) is 0 Å². The molecule has 1 amide bonds. The number of ether oxygens (including phenoxy) is 1. The highest BCUT2D eigenvalue weighted by Crippen LogP contribution is 2.41. The number of hydrogen-bond acceptors (Lipinski definition) is 4. The number of benzene rings is 2. The number of carbonyl (C=O) groups is 2. The van der Waals surface area contributed by atoms with Crippen LogP contribution >= 0.6 is 25.1 Å². The van der Waals surface area contributed by atoms with Crippen molar-refractivity contribution in [1.82, 2.24) is 0 Å². The fourth-order valence-corrected chi connectivity index (χ4v) is 4.53. The van der Waals surface area contributed by atoms with Crippen molar-refractivity contribution in [2.45, 2.75) is 50.7 Å². The van der Waals surface area contributed by atoms with E-state index in [0.717, 1.165) is 12.1 Å². The average molecular weight is 565 g/mol. The zero-order valence-corrected chi connectivity index (χ0v) is 21.8. The SMILES string of the molecule is CCN(c1ccc([C@H](CC(=O)O)C(F)(F)F)cc1NC(=O)Cc1ccc(Cl)cc1F)C1CCOCC1.S. The van der Waals surface area contributed by atoms with Gasteiger partial charge in [0.05, 0.1) is 30.1 Å². The van der Waals surface area contributed by atoms with Crippen LogP contribution in [0, 0.1) is 5.82 Å². The number of anilines is 2. The molecule has 0 saturated carbocycles. The van der Waals surface area contributed by atoms with E-state index in [1.807, 2.05) is 11.8 Å². The van der Waals surface area contributed by atoms with Gasteiger partial charge in [-0.25, -0.2) is 4.39 Å². The van der Waals surface area contributed by atoms with Crippen LogP contribution in [0.5, 0.6) is 0 Å². The first-order valence-corrected chi connectivity index (χ1v) is 11.9. The molecule has 12 heteroatoms. The van der Waals surface area contributed by atoms with Crippen LogP contribution in [-0.4, -0.2) is 49.0 Å². The molecule has 204 valence electrons. The van der Waals surface area contributed by atoms with Crippen molar-refractivity contribution in [3.8, 4) is 0 Å². The summed E-state index contributed by atoms with van der Waals surface area (Å²) in [5.41, 5.74) is 0.379. The fourth-order valence-electron chi connectivity index (χ4n) is 4.37. The lowest BCUT2D eigenvalue weighted by Crippen LogP contribution is -2.40. The van der Waals surface area contributed by atoms with Gasteiger partial charge in [-0.1, -0.05) is 23.7 Å². The number of alkyl halides is 3. The number of carboxylic acid groups (broad SMARTS) is 1. The molecule has 0 unspecified atom stereocenters. The largest absolute Gasteiger partial charge is 0.481 e. The second kappa shape index (κ2) is 13.3. The Bertz CT molecular complexity index is 1100. The monoisotopic (exact) mass is 564 g/mol. The molecule has 0 aromatic heterocycles. The molecule has 0 radical (unpaired) electrons. The molecule has 0 aliphatic carbocycles. The van der Waals surface area contributed by atoms with E-state index in [2.05, 4.69) is 5.32 Å². The molecule has 2 N–H and O–H groups in total. The van der Waals surface area contributed by atoms with Gasteiger partial charge >= 0.3 is 12.1 Å². The minimum absolute atomic E-state index is 0. The molecule has 0 spiro atoms. The van der Waals surface area contributed by atoms with Gasteiger partial charge in [-0.05, 0) is 55.2 Å². The molecule has 1 atom stereocenters. The number of halogens is 5. The summed E-state index contributed by atoms with van der Waals surface area (Å²) in [5, 5.41) is 11.8. The predicted molar refractivity (Wildman–Crippen MR) is 138 cm³/mol. The lowest BCUT2D eigenvalue weighted by molar-refractivity contribution is -0.163. The first kappa shape index (κ1) is 30.7. The third kappa shape index (κ3) is 8.24. The second-order valence-corrected chi connectivity index (χ2v) is 9.00. The molecule has 1 saturated heterocycles. The van der Waals surface area contributed by atoms with Gasteiger partial charge in [0.15, 0.2) is 0 Å². The van der Waals surface area contributed by atoms with Crippen LogP contribution in [-0.2, 0) is 20.7 Å². The predicted octanol–water partition coefficient (Wildman–Crippen LogP) is 5.90. The lowest BCUT2D eigenvalue weighted by atomic mass is 9.93. The molecule has 3 rings (SSSR count). The Kier molecular flexibility index (Phi) is 11.1. The number of carbonyl (C=O) groups excluding carboxylic acids is 1. The highest BCUT2D eigenvalue weighted by Gasteiger charge is 2.42. The zero-order valence-electron chi connectivity index (χ0n) is 20.1. The molecule has 2 aromatic carbocycles. The standard InChI is InChI=1S/C25H27ClF4N2O4.H2S/c1-2-32(18-7-9-36-10-8-18)22-6-4-15(19(14-24(34)35)25(28,29)30)11-21(22)31-23(33)12-16-3-5-17(26)13-20(16)27;/h3-6,11,13,18-19H,2,7-10,12,14H2,1H3,(H,31,33)(H,34,35);1H2/t19-;/m0./s1. The van der Waals surface area contributed by atoms with Crippen LogP contribution in [0.4, 0.5) is 28.9 Å². The summed E-state index contributed by atoms with van der Waals surface area (Å²) in [5.74, 6) is -5.17. The Labute approximate surface area is 224 Å². The van der Waals surface area contributed by atoms with Crippen molar-refractivity contribution < 1.29 is 37.0 Å². The van der Waals surface area contributed by atoms with Crippen molar-refractivity contribution in [2.24, 2.45) is 0 Å². The van der Waals surface area contributed by atoms with Crippen LogP contribution in [0.2, 0.25) is 5.02 Å². The van der Waals surface area contributed by atoms with Gasteiger partial charge in [-0.3, -0.25) is 9.59 Å². The Morgan fingerprint density at radius 2 is 1.86 bits per heavy atom. The van der Waals surface area contributed by atoms with Crippen molar-refractivity contribution in [3.05, 3.63) is 58.4 Å². The van der Waals surface area contributed by atoms with Crippen LogP contribution in [0.1, 0.15) is 43.2 Å². The molecule has 2 aromatic rings. The zero-order chi connectivity index (χ0) is 26.5. The van der Waals surface area contributed by atoms with Crippen molar-refractivity contribution in [2.75, 3.05) is 30.0 Å². The summed E-state index contributed by atoms with van der Waals surface area (Å²) in [6, 6.07) is 7.77. The van der Waals surface area contributed by atoms with Gasteiger partial charge in [0, 0.05) is 30.8 Å². The summed E-state index contributed by atoms with van der Waals surface area (Å²) < 4.78 is 60.8. The summed E-state index contributed by atoms with van der Waals surface area (Å²) in [7, 11) is 0. The molecule has 1 aliphatic heterocycles. The van der Waals surface area contributed by atoms with Crippen LogP contribution < -0.4 is 10.2 Å². The fraction of sp³-hybridized carbons (Fsp3) is 0.440. The van der Waals surface area contributed by atoms with Crippen LogP contribution in [0.15, 0.2) is 36.4 Å². The summed E-state index contributed by atoms with van der Waals surface area (Å²) in [6.45, 7) is 3.47. The maximum absolute atomic E-state index is 14.2. The number of nitrogens with zero attached hydrogens (tertiary/aromatic N) is 1. The molecule has 1 aliphatic rings. The molecule has 1 fully saturated rings. The summed E-state index contributed by atoms with van der Waals surface area (Å²) in [6.07, 6.45) is -4.93. The quantitative estimate of drug-likeness (QED) is 0.371. The smallest absolute Gasteiger partial charge is 0.396 e. The third-order valence-corrected chi connectivity index (χ3v) is 6.35. The van der Waals surface area contributed by atoms with E-state index in [9.17, 15) is 27.2 Å². The minimum atomic E-state index is -4.81. The summed E-state index contributed by atoms with van der Waals surface area (Å²) >= 11 is 5.76. The maximum Gasteiger partial charge on any atom is 0.396 e. The van der Waals surface area contributed by atoms with Crippen LogP contribution in [0.25, 0.3) is 0 Å². The Balaban J connectivity index is 0.00000481. The average Bonchev–Trinajstić information content (AvgIpc) is 2.80. The van der Waals surface area contributed by atoms with Crippen molar-refractivity contribution >= 4 is 48.3 Å². The normalized spacial score (nSPS) is 15.0. The topological polar surface area (TPSA) is 78.9 Å². The molecular weight excluding hydrogens is 536 g/mol. The van der Waals surface area contributed by atoms with Gasteiger partial charge in [-0.15, -0.1) is 0 Å². The van der Waals surface area contributed by atoms with Crippen LogP contribution in [0.3, 0.4) is 0 Å². The molecular formula is C25H29ClF4N2O4S. The number of amides is 1. The van der Waals surface area contributed by atoms with E-state index in [1.54, 1.807) is 0 Å². The number of nitrogens with one attached hydrogen (secondary N) is 1. The Hall–Kier alpha value is -2.50. The number of carboxylic acids is 1. The first-order valence-electron chi connectivity index (χ1n) is 11.5. The van der Waals surface area contributed by atoms with Gasteiger partial charge in [0.1, 0.15) is 5.82 Å². The van der Waals surface area contributed by atoms with E-state index in [4.69, 9.17) is 21.4 Å².